The van der Waals surface area contributed by atoms with Gasteiger partial charge in [0.05, 0.1) is 27.7 Å². The topological polar surface area (TPSA) is 111 Å². The van der Waals surface area contributed by atoms with Crippen LogP contribution in [-0.4, -0.2) is 70.0 Å². The van der Waals surface area contributed by atoms with Crippen molar-refractivity contribution in [2.24, 2.45) is 0 Å². The summed E-state index contributed by atoms with van der Waals surface area (Å²) in [6, 6.07) is 0. The van der Waals surface area contributed by atoms with E-state index in [9.17, 15) is 19.0 Å². The molecule has 0 aromatic carbocycles. The van der Waals surface area contributed by atoms with Crippen LogP contribution in [0.2, 0.25) is 0 Å². The lowest BCUT2D eigenvalue weighted by atomic mass is 10.1. The van der Waals surface area contributed by atoms with Gasteiger partial charge in [0.25, 0.3) is 7.82 Å². The summed E-state index contributed by atoms with van der Waals surface area (Å²) in [6.07, 6.45) is 41.8. The largest absolute Gasteiger partial charge is 0.756 e. The second-order valence-corrected chi connectivity index (χ2v) is 17.5. The second-order valence-electron chi connectivity index (χ2n) is 16.1. The molecule has 0 spiro atoms. The number of esters is 2. The Kier molecular flexibility index (Phi) is 36.6. The first-order valence-corrected chi connectivity index (χ1v) is 23.7. The van der Waals surface area contributed by atoms with Crippen molar-refractivity contribution in [2.75, 3.05) is 47.5 Å². The van der Waals surface area contributed by atoms with Gasteiger partial charge in [-0.05, 0) is 64.2 Å². The molecule has 0 aromatic heterocycles. The van der Waals surface area contributed by atoms with Crippen molar-refractivity contribution >= 4 is 19.8 Å². The van der Waals surface area contributed by atoms with Crippen molar-refractivity contribution in [1.29, 1.82) is 0 Å². The summed E-state index contributed by atoms with van der Waals surface area (Å²) < 4.78 is 33.8. The number of nitrogens with zero attached hydrogens (tertiary/aromatic N) is 1. The third-order valence-corrected chi connectivity index (χ3v) is 10.3. The van der Waals surface area contributed by atoms with Crippen LogP contribution in [0, 0.1) is 0 Å². The number of likely N-dealkylation sites (N-methyl/N-ethyl adjacent to an activating group) is 1. The highest BCUT2D eigenvalue weighted by Gasteiger charge is 2.21. The molecule has 0 aromatic rings. The van der Waals surface area contributed by atoms with Crippen LogP contribution in [0.4, 0.5) is 0 Å². The molecule has 2 unspecified atom stereocenters. The van der Waals surface area contributed by atoms with Crippen LogP contribution < -0.4 is 4.89 Å². The van der Waals surface area contributed by atoms with Gasteiger partial charge in [-0.2, -0.15) is 0 Å². The zero-order valence-corrected chi connectivity index (χ0v) is 37.0. The average molecular weight is 798 g/mol. The maximum Gasteiger partial charge on any atom is 0.306 e. The number of phosphoric ester groups is 1. The molecule has 0 aliphatic heterocycles. The number of carbonyl (C=O) groups excluding carboxylic acids is 2. The highest BCUT2D eigenvalue weighted by molar-refractivity contribution is 7.45. The van der Waals surface area contributed by atoms with Crippen molar-refractivity contribution < 1.29 is 42.1 Å². The van der Waals surface area contributed by atoms with Crippen LogP contribution in [0.1, 0.15) is 187 Å². The molecule has 0 heterocycles. The van der Waals surface area contributed by atoms with Gasteiger partial charge in [-0.3, -0.25) is 14.2 Å². The number of hydrogen-bond donors (Lipinski definition) is 0. The van der Waals surface area contributed by atoms with Crippen LogP contribution in [-0.2, 0) is 32.7 Å². The normalized spacial score (nSPS) is 13.9. The number of allylic oxidation sites excluding steroid dienone is 6. The van der Waals surface area contributed by atoms with Crippen LogP contribution in [0.3, 0.4) is 0 Å². The standard InChI is InChI=1S/C45H84NO8P/c1-6-8-10-12-14-16-18-19-20-21-22-23-24-25-26-27-28-30-32-34-36-38-45(48)54-43(42-53-55(49,50)52-40-39-46(3,4)5)41-51-44(47)37-35-33-31-29-17-15-13-11-9-7-2/h11,13,18-19,21-22,43H,6-10,12,14-17,20,23-42H2,1-5H3/b13-11-,19-18-,22-21-. The van der Waals surface area contributed by atoms with Crippen LogP contribution in [0.25, 0.3) is 0 Å². The minimum Gasteiger partial charge on any atom is -0.756 e. The van der Waals surface area contributed by atoms with Gasteiger partial charge in [0.15, 0.2) is 6.10 Å². The molecule has 322 valence electrons. The first-order valence-electron chi connectivity index (χ1n) is 22.2. The van der Waals surface area contributed by atoms with E-state index in [2.05, 4.69) is 50.3 Å². The maximum atomic E-state index is 12.7. The fraction of sp³-hybridized carbons (Fsp3) is 0.822. The molecule has 0 saturated carbocycles. The van der Waals surface area contributed by atoms with Crippen molar-refractivity contribution in [3.8, 4) is 0 Å². The Bertz CT molecular complexity index is 1040. The first kappa shape index (κ1) is 53.2. The third-order valence-electron chi connectivity index (χ3n) is 9.36. The summed E-state index contributed by atoms with van der Waals surface area (Å²) in [7, 11) is 1.16. The lowest BCUT2D eigenvalue weighted by Crippen LogP contribution is -2.37. The number of rotatable bonds is 40. The molecule has 0 bridgehead atoms. The molecule has 0 saturated heterocycles. The SMILES string of the molecule is CCC/C=C\CCCCCCCC(=O)OCC(COP(=O)([O-])OCC[N+](C)(C)C)OC(=O)CCCCCCCCCCC/C=C\C/C=C\CCCCCCC. The number of quaternary nitrogens is 1. The van der Waals surface area contributed by atoms with E-state index in [0.29, 0.717) is 17.4 Å². The van der Waals surface area contributed by atoms with Gasteiger partial charge in [-0.1, -0.05) is 147 Å². The van der Waals surface area contributed by atoms with E-state index in [-0.39, 0.29) is 26.1 Å². The van der Waals surface area contributed by atoms with Crippen molar-refractivity contribution in [3.05, 3.63) is 36.5 Å². The van der Waals surface area contributed by atoms with Gasteiger partial charge in [-0.25, -0.2) is 0 Å². The zero-order chi connectivity index (χ0) is 40.7. The maximum absolute atomic E-state index is 12.7. The summed E-state index contributed by atoms with van der Waals surface area (Å²) in [5.41, 5.74) is 0. The Labute approximate surface area is 338 Å². The smallest absolute Gasteiger partial charge is 0.306 e. The molecule has 0 rings (SSSR count). The molecule has 0 aliphatic carbocycles. The molecule has 0 amide bonds. The van der Waals surface area contributed by atoms with Crippen molar-refractivity contribution in [2.45, 2.75) is 193 Å². The monoisotopic (exact) mass is 798 g/mol. The van der Waals surface area contributed by atoms with Crippen LogP contribution in [0.15, 0.2) is 36.5 Å². The first-order chi connectivity index (χ1) is 26.5. The summed E-state index contributed by atoms with van der Waals surface area (Å²) in [6.45, 7) is 4.14. The molecule has 0 fully saturated rings. The summed E-state index contributed by atoms with van der Waals surface area (Å²) in [5, 5.41) is 0. The van der Waals surface area contributed by atoms with E-state index in [1.54, 1.807) is 0 Å². The highest BCUT2D eigenvalue weighted by Crippen LogP contribution is 2.38. The Morgan fingerprint density at radius 2 is 1.02 bits per heavy atom. The summed E-state index contributed by atoms with van der Waals surface area (Å²) in [4.78, 5) is 37.4. The lowest BCUT2D eigenvalue weighted by Gasteiger charge is -2.28. The fourth-order valence-electron chi connectivity index (χ4n) is 5.86. The molecular weight excluding hydrogens is 713 g/mol. The predicted molar refractivity (Wildman–Crippen MR) is 227 cm³/mol. The van der Waals surface area contributed by atoms with Gasteiger partial charge in [0.2, 0.25) is 0 Å². The molecule has 0 radical (unpaired) electrons. The quantitative estimate of drug-likeness (QED) is 0.0198. The van der Waals surface area contributed by atoms with Crippen molar-refractivity contribution in [1.82, 2.24) is 0 Å². The number of phosphoric acid groups is 1. The van der Waals surface area contributed by atoms with E-state index < -0.39 is 32.5 Å². The van der Waals surface area contributed by atoms with E-state index in [4.69, 9.17) is 18.5 Å². The fourth-order valence-corrected chi connectivity index (χ4v) is 6.59. The summed E-state index contributed by atoms with van der Waals surface area (Å²) in [5.74, 6) is -0.851. The van der Waals surface area contributed by atoms with Gasteiger partial charge >= 0.3 is 11.9 Å². The molecule has 0 aliphatic rings. The number of carbonyl (C=O) groups is 2. The van der Waals surface area contributed by atoms with Crippen LogP contribution >= 0.6 is 7.82 Å². The van der Waals surface area contributed by atoms with Crippen molar-refractivity contribution in [3.63, 3.8) is 0 Å². The van der Waals surface area contributed by atoms with E-state index in [0.717, 1.165) is 77.0 Å². The Balaban J connectivity index is 4.28. The van der Waals surface area contributed by atoms with Gasteiger partial charge < -0.3 is 27.9 Å². The number of unbranched alkanes of at least 4 members (excludes halogenated alkanes) is 20. The second kappa shape index (κ2) is 37.8. The third kappa shape index (κ3) is 41.7. The Morgan fingerprint density at radius 1 is 0.564 bits per heavy atom. The minimum atomic E-state index is -4.62. The zero-order valence-electron chi connectivity index (χ0n) is 36.1. The van der Waals surface area contributed by atoms with E-state index >= 15 is 0 Å². The van der Waals surface area contributed by atoms with Gasteiger partial charge in [0, 0.05) is 12.8 Å². The number of hydrogen-bond acceptors (Lipinski definition) is 8. The van der Waals surface area contributed by atoms with Gasteiger partial charge in [-0.15, -0.1) is 0 Å². The highest BCUT2D eigenvalue weighted by atomic mass is 31.2. The van der Waals surface area contributed by atoms with E-state index in [1.165, 1.54) is 77.0 Å². The number of ether oxygens (including phenoxy) is 2. The molecule has 2 atom stereocenters. The minimum absolute atomic E-state index is 0.0332. The van der Waals surface area contributed by atoms with Gasteiger partial charge in [0.1, 0.15) is 19.8 Å². The summed E-state index contributed by atoms with van der Waals surface area (Å²) >= 11 is 0. The molecule has 0 N–H and O–H groups in total. The lowest BCUT2D eigenvalue weighted by molar-refractivity contribution is -0.870. The molecule has 10 heteroatoms. The van der Waals surface area contributed by atoms with Crippen LogP contribution in [0.5, 0.6) is 0 Å². The predicted octanol–water partition coefficient (Wildman–Crippen LogP) is 11.9. The Morgan fingerprint density at radius 3 is 1.53 bits per heavy atom. The molecule has 55 heavy (non-hydrogen) atoms. The average Bonchev–Trinajstić information content (AvgIpc) is 3.13. The molecular formula is C45H84NO8P. The molecule has 9 nitrogen and oxygen atoms in total. The van der Waals surface area contributed by atoms with E-state index in [1.807, 2.05) is 21.1 Å². The Hall–Kier alpha value is -1.77.